The number of Topliss-reactive ketones (excluding diaryl/α,β-unsaturated/α-hetero) is 1. The highest BCUT2D eigenvalue weighted by Crippen LogP contribution is 2.20. The summed E-state index contributed by atoms with van der Waals surface area (Å²) in [5.41, 5.74) is 1.12. The highest BCUT2D eigenvalue weighted by molar-refractivity contribution is 9.09. The second-order valence-electron chi connectivity index (χ2n) is 2.97. The van der Waals surface area contributed by atoms with Gasteiger partial charge in [-0.3, -0.25) is 4.79 Å². The molecule has 1 nitrogen and oxygen atoms in total. The van der Waals surface area contributed by atoms with E-state index in [0.717, 1.165) is 12.0 Å². The molecule has 0 aromatic heterocycles. The molecule has 2 heteroatoms. The molecule has 0 aliphatic rings. The molecule has 1 unspecified atom stereocenters. The average molecular weight is 241 g/mol. The van der Waals surface area contributed by atoms with Crippen LogP contribution in [0.1, 0.15) is 24.8 Å². The Hall–Kier alpha value is -0.630. The van der Waals surface area contributed by atoms with Crippen molar-refractivity contribution in [1.82, 2.24) is 0 Å². The highest BCUT2D eigenvalue weighted by Gasteiger charge is 2.16. The number of hydrogen-bond acceptors (Lipinski definition) is 1. The Kier molecular flexibility index (Phi) is 4.16. The number of carbonyl (C=O) groups is 1. The fourth-order valence-electron chi connectivity index (χ4n) is 1.43. The normalized spacial score (nSPS) is 12.5. The van der Waals surface area contributed by atoms with Crippen molar-refractivity contribution in [2.24, 2.45) is 0 Å². The smallest absolute Gasteiger partial charge is 0.150 e. The summed E-state index contributed by atoms with van der Waals surface area (Å²) in [5.74, 6) is 0.314. The molecule has 1 aromatic carbocycles. The first-order chi connectivity index (χ1) is 6.29. The minimum Gasteiger partial charge on any atom is -0.298 e. The van der Waals surface area contributed by atoms with Crippen LogP contribution in [-0.2, 0) is 4.79 Å². The van der Waals surface area contributed by atoms with Crippen LogP contribution in [0.5, 0.6) is 0 Å². The topological polar surface area (TPSA) is 17.1 Å². The molecule has 0 bridgehead atoms. The Morgan fingerprint density at radius 1 is 1.38 bits per heavy atom. The summed E-state index contributed by atoms with van der Waals surface area (Å²) in [6, 6.07) is 9.93. The molecule has 0 radical (unpaired) electrons. The van der Waals surface area contributed by atoms with Gasteiger partial charge in [-0.05, 0) is 12.0 Å². The van der Waals surface area contributed by atoms with Crippen LogP contribution in [0.15, 0.2) is 30.3 Å². The maximum absolute atomic E-state index is 11.5. The van der Waals surface area contributed by atoms with E-state index in [1.54, 1.807) is 0 Å². The third kappa shape index (κ3) is 2.66. The summed E-state index contributed by atoms with van der Waals surface area (Å²) in [6.45, 7) is 2.04. The van der Waals surface area contributed by atoms with Gasteiger partial charge in [0.15, 0.2) is 5.78 Å². The Bertz CT molecular complexity index is 269. The van der Waals surface area contributed by atoms with Gasteiger partial charge in [0.05, 0.1) is 5.33 Å². The summed E-state index contributed by atoms with van der Waals surface area (Å²) < 4.78 is 0. The van der Waals surface area contributed by atoms with E-state index in [1.165, 1.54) is 0 Å². The molecule has 0 aliphatic heterocycles. The van der Waals surface area contributed by atoms with Crippen LogP contribution in [0, 0.1) is 0 Å². The van der Waals surface area contributed by atoms with Gasteiger partial charge in [0.2, 0.25) is 0 Å². The first-order valence-corrected chi connectivity index (χ1v) is 5.55. The molecular weight excluding hydrogens is 228 g/mol. The van der Waals surface area contributed by atoms with Gasteiger partial charge in [-0.25, -0.2) is 0 Å². The predicted molar refractivity (Wildman–Crippen MR) is 58.3 cm³/mol. The van der Waals surface area contributed by atoms with Crippen LogP contribution in [0.4, 0.5) is 0 Å². The lowest BCUT2D eigenvalue weighted by atomic mass is 9.93. The van der Waals surface area contributed by atoms with Crippen LogP contribution < -0.4 is 0 Å². The van der Waals surface area contributed by atoms with E-state index < -0.39 is 0 Å². The quantitative estimate of drug-likeness (QED) is 0.740. The molecule has 0 fully saturated rings. The Morgan fingerprint density at radius 2 is 2.00 bits per heavy atom. The second kappa shape index (κ2) is 5.18. The Labute approximate surface area is 87.3 Å². The van der Waals surface area contributed by atoms with Crippen molar-refractivity contribution < 1.29 is 4.79 Å². The van der Waals surface area contributed by atoms with E-state index in [4.69, 9.17) is 0 Å². The molecule has 1 rings (SSSR count). The third-order valence-corrected chi connectivity index (χ3v) is 2.68. The third-order valence-electron chi connectivity index (χ3n) is 2.13. The van der Waals surface area contributed by atoms with Gasteiger partial charge in [0.1, 0.15) is 0 Å². The molecule has 70 valence electrons. The first-order valence-electron chi connectivity index (χ1n) is 4.43. The van der Waals surface area contributed by atoms with E-state index in [-0.39, 0.29) is 11.7 Å². The average Bonchev–Trinajstić information content (AvgIpc) is 2.20. The van der Waals surface area contributed by atoms with Crippen molar-refractivity contribution in [1.29, 1.82) is 0 Å². The number of alkyl halides is 1. The fraction of sp³-hybridized carbons (Fsp3) is 0.364. The summed E-state index contributed by atoms with van der Waals surface area (Å²) >= 11 is 3.20. The van der Waals surface area contributed by atoms with Crippen molar-refractivity contribution in [2.75, 3.05) is 5.33 Å². The lowest BCUT2D eigenvalue weighted by molar-refractivity contribution is -0.118. The van der Waals surface area contributed by atoms with E-state index in [1.807, 2.05) is 37.3 Å². The number of carbonyl (C=O) groups excluding carboxylic acids is 1. The molecule has 1 atom stereocenters. The van der Waals surface area contributed by atoms with Crippen LogP contribution in [0.2, 0.25) is 0 Å². The summed E-state index contributed by atoms with van der Waals surface area (Å²) in [4.78, 5) is 11.5. The second-order valence-corrected chi connectivity index (χ2v) is 3.53. The maximum atomic E-state index is 11.5. The molecule has 1 aromatic rings. The SMILES string of the molecule is CCC(C(=O)CBr)c1ccccc1. The number of ketones is 1. The molecule has 0 aliphatic carbocycles. The minimum absolute atomic E-state index is 0.0561. The van der Waals surface area contributed by atoms with Gasteiger partial charge in [0.25, 0.3) is 0 Å². The van der Waals surface area contributed by atoms with Gasteiger partial charge in [-0.15, -0.1) is 0 Å². The van der Waals surface area contributed by atoms with Gasteiger partial charge in [-0.2, -0.15) is 0 Å². The molecule has 13 heavy (non-hydrogen) atoms. The first kappa shape index (κ1) is 10.5. The van der Waals surface area contributed by atoms with Crippen molar-refractivity contribution in [3.8, 4) is 0 Å². The highest BCUT2D eigenvalue weighted by atomic mass is 79.9. The zero-order valence-electron chi connectivity index (χ0n) is 7.66. The van der Waals surface area contributed by atoms with Crippen LogP contribution in [0.25, 0.3) is 0 Å². The van der Waals surface area contributed by atoms with Crippen LogP contribution in [-0.4, -0.2) is 11.1 Å². The summed E-state index contributed by atoms with van der Waals surface area (Å²) in [5, 5.41) is 0.445. The van der Waals surface area contributed by atoms with E-state index in [0.29, 0.717) is 5.33 Å². The standard InChI is InChI=1S/C11H13BrO/c1-2-10(11(13)8-12)9-6-4-3-5-7-9/h3-7,10H,2,8H2,1H3. The summed E-state index contributed by atoms with van der Waals surface area (Å²) in [7, 11) is 0. The van der Waals surface area contributed by atoms with E-state index in [2.05, 4.69) is 15.9 Å². The van der Waals surface area contributed by atoms with Gasteiger partial charge in [0, 0.05) is 5.92 Å². The van der Waals surface area contributed by atoms with Crippen molar-refractivity contribution >= 4 is 21.7 Å². The zero-order chi connectivity index (χ0) is 9.68. The van der Waals surface area contributed by atoms with Gasteiger partial charge < -0.3 is 0 Å². The molecule has 0 N–H and O–H groups in total. The molecule has 0 saturated heterocycles. The van der Waals surface area contributed by atoms with Crippen molar-refractivity contribution in [3.05, 3.63) is 35.9 Å². The van der Waals surface area contributed by atoms with E-state index in [9.17, 15) is 4.79 Å². The predicted octanol–water partition coefficient (Wildman–Crippen LogP) is 3.14. The van der Waals surface area contributed by atoms with Gasteiger partial charge >= 0.3 is 0 Å². The maximum Gasteiger partial charge on any atom is 0.150 e. The monoisotopic (exact) mass is 240 g/mol. The Balaban J connectivity index is 2.85. The van der Waals surface area contributed by atoms with E-state index >= 15 is 0 Å². The van der Waals surface area contributed by atoms with Crippen LogP contribution in [0.3, 0.4) is 0 Å². The zero-order valence-corrected chi connectivity index (χ0v) is 9.25. The lowest BCUT2D eigenvalue weighted by Gasteiger charge is -2.11. The molecule has 0 amide bonds. The van der Waals surface area contributed by atoms with Gasteiger partial charge in [-0.1, -0.05) is 53.2 Å². The lowest BCUT2D eigenvalue weighted by Crippen LogP contribution is -2.12. The van der Waals surface area contributed by atoms with Crippen LogP contribution >= 0.6 is 15.9 Å². The number of benzene rings is 1. The molecule has 0 spiro atoms. The summed E-state index contributed by atoms with van der Waals surface area (Å²) in [6.07, 6.45) is 0.869. The fourth-order valence-corrected chi connectivity index (χ4v) is 1.82. The number of halogens is 1. The molecule has 0 saturated carbocycles. The van der Waals surface area contributed by atoms with Crippen molar-refractivity contribution in [3.63, 3.8) is 0 Å². The van der Waals surface area contributed by atoms with Crippen molar-refractivity contribution in [2.45, 2.75) is 19.3 Å². The largest absolute Gasteiger partial charge is 0.298 e. The Morgan fingerprint density at radius 3 is 2.46 bits per heavy atom. The molecular formula is C11H13BrO. The number of hydrogen-bond donors (Lipinski definition) is 0. The number of rotatable bonds is 4. The molecule has 0 heterocycles. The minimum atomic E-state index is 0.0561.